The summed E-state index contributed by atoms with van der Waals surface area (Å²) in [5, 5.41) is 3.47. The second-order valence-electron chi connectivity index (χ2n) is 4.96. The SMILES string of the molecule is CO[C@@H]1O[C@H]2CO[C@H](c3ccccc3)O[C@H]2C(=O)[C@H]1N=[N+]=[N-]. The first kappa shape index (κ1) is 15.0. The molecule has 2 heterocycles. The molecule has 1 aromatic rings. The van der Waals surface area contributed by atoms with Crippen LogP contribution in [0.25, 0.3) is 10.4 Å². The highest BCUT2D eigenvalue weighted by Gasteiger charge is 2.49. The van der Waals surface area contributed by atoms with Crippen LogP contribution in [0.5, 0.6) is 0 Å². The van der Waals surface area contributed by atoms with Gasteiger partial charge < -0.3 is 18.9 Å². The van der Waals surface area contributed by atoms with Crippen molar-refractivity contribution in [3.8, 4) is 0 Å². The molecule has 3 rings (SSSR count). The summed E-state index contributed by atoms with van der Waals surface area (Å²) in [5.74, 6) is -0.356. The molecule has 8 nitrogen and oxygen atoms in total. The molecule has 0 N–H and O–H groups in total. The van der Waals surface area contributed by atoms with Gasteiger partial charge in [-0.2, -0.15) is 0 Å². The lowest BCUT2D eigenvalue weighted by molar-refractivity contribution is -0.301. The highest BCUT2D eigenvalue weighted by molar-refractivity contribution is 5.90. The van der Waals surface area contributed by atoms with Crippen molar-refractivity contribution in [2.24, 2.45) is 5.11 Å². The number of nitrogens with zero attached hydrogens (tertiary/aromatic N) is 3. The van der Waals surface area contributed by atoms with E-state index in [0.717, 1.165) is 5.56 Å². The third-order valence-corrected chi connectivity index (χ3v) is 3.64. The molecule has 0 saturated carbocycles. The zero-order valence-corrected chi connectivity index (χ0v) is 11.9. The van der Waals surface area contributed by atoms with Gasteiger partial charge in [0.15, 0.2) is 18.4 Å². The van der Waals surface area contributed by atoms with Crippen LogP contribution in [-0.2, 0) is 23.7 Å². The van der Waals surface area contributed by atoms with Crippen molar-refractivity contribution >= 4 is 5.78 Å². The summed E-state index contributed by atoms with van der Waals surface area (Å²) in [6.07, 6.45) is -3.01. The largest absolute Gasteiger partial charge is 0.355 e. The molecule has 2 fully saturated rings. The summed E-state index contributed by atoms with van der Waals surface area (Å²) in [4.78, 5) is 15.2. The number of hydrogen-bond acceptors (Lipinski definition) is 6. The number of carbonyl (C=O) groups is 1. The fourth-order valence-electron chi connectivity index (χ4n) is 2.58. The summed E-state index contributed by atoms with van der Waals surface area (Å²) < 4.78 is 22.0. The minimum atomic E-state index is -1.06. The third kappa shape index (κ3) is 2.70. The third-order valence-electron chi connectivity index (χ3n) is 3.64. The molecule has 0 aromatic heterocycles. The molecule has 0 unspecified atom stereocenters. The number of ketones is 1. The van der Waals surface area contributed by atoms with Crippen molar-refractivity contribution < 1.29 is 23.7 Å². The van der Waals surface area contributed by atoms with Crippen LogP contribution in [0, 0.1) is 0 Å². The van der Waals surface area contributed by atoms with Crippen LogP contribution in [0.3, 0.4) is 0 Å². The first-order valence-corrected chi connectivity index (χ1v) is 6.83. The van der Waals surface area contributed by atoms with Gasteiger partial charge in [-0.3, -0.25) is 4.79 Å². The molecule has 1 aromatic carbocycles. The number of fused-ring (bicyclic) bond motifs is 1. The molecule has 0 aliphatic carbocycles. The molecule has 0 amide bonds. The molecule has 0 radical (unpaired) electrons. The average molecular weight is 305 g/mol. The number of benzene rings is 1. The first-order valence-electron chi connectivity index (χ1n) is 6.83. The Kier molecular flexibility index (Phi) is 4.37. The second-order valence-corrected chi connectivity index (χ2v) is 4.96. The van der Waals surface area contributed by atoms with E-state index >= 15 is 0 Å². The summed E-state index contributed by atoms with van der Waals surface area (Å²) in [5.41, 5.74) is 9.41. The molecular weight excluding hydrogens is 290 g/mol. The zero-order valence-electron chi connectivity index (χ0n) is 11.9. The summed E-state index contributed by atoms with van der Waals surface area (Å²) in [6.45, 7) is 0.193. The van der Waals surface area contributed by atoms with Gasteiger partial charge in [0.25, 0.3) is 0 Å². The Bertz CT molecular complexity index is 589. The maximum atomic E-state index is 12.5. The maximum Gasteiger partial charge on any atom is 0.184 e. The number of hydrogen-bond donors (Lipinski definition) is 0. The van der Waals surface area contributed by atoms with Crippen molar-refractivity contribution in [2.75, 3.05) is 13.7 Å². The van der Waals surface area contributed by atoms with Crippen molar-refractivity contribution in [1.82, 2.24) is 0 Å². The highest BCUT2D eigenvalue weighted by atomic mass is 16.7. The average Bonchev–Trinajstić information content (AvgIpc) is 2.58. The van der Waals surface area contributed by atoms with E-state index in [1.165, 1.54) is 7.11 Å². The van der Waals surface area contributed by atoms with E-state index in [9.17, 15) is 4.79 Å². The summed E-state index contributed by atoms with van der Waals surface area (Å²) in [7, 11) is 1.38. The predicted molar refractivity (Wildman–Crippen MR) is 73.6 cm³/mol. The maximum absolute atomic E-state index is 12.5. The smallest absolute Gasteiger partial charge is 0.184 e. The first-order chi connectivity index (χ1) is 10.7. The summed E-state index contributed by atoms with van der Waals surface area (Å²) >= 11 is 0. The van der Waals surface area contributed by atoms with Gasteiger partial charge in [0.2, 0.25) is 0 Å². The quantitative estimate of drug-likeness (QED) is 0.480. The van der Waals surface area contributed by atoms with E-state index in [4.69, 9.17) is 24.5 Å². The Morgan fingerprint density at radius 3 is 2.77 bits per heavy atom. The highest BCUT2D eigenvalue weighted by Crippen LogP contribution is 2.33. The minimum Gasteiger partial charge on any atom is -0.355 e. The van der Waals surface area contributed by atoms with Gasteiger partial charge >= 0.3 is 0 Å². The minimum absolute atomic E-state index is 0.193. The zero-order chi connectivity index (χ0) is 15.5. The van der Waals surface area contributed by atoms with Crippen molar-refractivity contribution in [2.45, 2.75) is 30.8 Å². The number of methoxy groups -OCH3 is 1. The van der Waals surface area contributed by atoms with Crippen LogP contribution in [0.1, 0.15) is 11.9 Å². The Balaban J connectivity index is 1.80. The molecule has 2 saturated heterocycles. The Labute approximate surface area is 126 Å². The molecule has 116 valence electrons. The molecule has 22 heavy (non-hydrogen) atoms. The lowest BCUT2D eigenvalue weighted by Crippen LogP contribution is -2.59. The Morgan fingerprint density at radius 1 is 1.32 bits per heavy atom. The normalized spacial score (nSPS) is 34.6. The molecule has 8 heteroatoms. The van der Waals surface area contributed by atoms with E-state index < -0.39 is 30.8 Å². The standard InChI is InChI=1S/C14H15N3O5/c1-19-14-10(16-17-15)11(18)12-9(21-14)7-20-13(22-12)8-5-3-2-4-6-8/h2-6,9-10,12-14H,7H2,1H3/t9-,10+,12+,13-,14+/m0/s1. The van der Waals surface area contributed by atoms with Gasteiger partial charge in [-0.05, 0) is 5.53 Å². The van der Waals surface area contributed by atoms with Crippen LogP contribution in [0.15, 0.2) is 35.4 Å². The number of ether oxygens (including phenoxy) is 4. The van der Waals surface area contributed by atoms with E-state index in [-0.39, 0.29) is 12.4 Å². The molecule has 2 aliphatic rings. The summed E-state index contributed by atoms with van der Waals surface area (Å²) in [6, 6.07) is 8.23. The van der Waals surface area contributed by atoms with E-state index in [2.05, 4.69) is 10.0 Å². The van der Waals surface area contributed by atoms with Crippen LogP contribution in [0.2, 0.25) is 0 Å². The van der Waals surface area contributed by atoms with E-state index in [1.54, 1.807) is 0 Å². The second kappa shape index (κ2) is 6.43. The van der Waals surface area contributed by atoms with E-state index in [0.29, 0.717) is 0 Å². The van der Waals surface area contributed by atoms with Crippen LogP contribution in [0.4, 0.5) is 0 Å². The van der Waals surface area contributed by atoms with Gasteiger partial charge in [0, 0.05) is 17.6 Å². The van der Waals surface area contributed by atoms with E-state index in [1.807, 2.05) is 30.3 Å². The van der Waals surface area contributed by atoms with Crippen molar-refractivity contribution in [3.63, 3.8) is 0 Å². The Morgan fingerprint density at radius 2 is 2.09 bits per heavy atom. The fraction of sp³-hybridized carbons (Fsp3) is 0.500. The lowest BCUT2D eigenvalue weighted by Gasteiger charge is -2.42. The molecule has 0 bridgehead atoms. The number of carbonyl (C=O) groups excluding carboxylic acids is 1. The fourth-order valence-corrected chi connectivity index (χ4v) is 2.58. The lowest BCUT2D eigenvalue weighted by atomic mass is 9.98. The van der Waals surface area contributed by atoms with Gasteiger partial charge in [-0.1, -0.05) is 35.4 Å². The van der Waals surface area contributed by atoms with Crippen molar-refractivity contribution in [3.05, 3.63) is 46.3 Å². The van der Waals surface area contributed by atoms with Crippen LogP contribution < -0.4 is 0 Å². The Hall–Kier alpha value is -1.96. The molecule has 0 spiro atoms. The molecule has 5 atom stereocenters. The van der Waals surface area contributed by atoms with Crippen LogP contribution >= 0.6 is 0 Å². The number of azide groups is 1. The number of Topliss-reactive ketones (excluding diaryl/α,β-unsaturated/α-hetero) is 1. The van der Waals surface area contributed by atoms with Gasteiger partial charge in [0.05, 0.1) is 6.61 Å². The topological polar surface area (TPSA) is 103 Å². The van der Waals surface area contributed by atoms with Crippen LogP contribution in [-0.4, -0.2) is 44.0 Å². The van der Waals surface area contributed by atoms with Gasteiger partial charge in [-0.25, -0.2) is 0 Å². The predicted octanol–water partition coefficient (Wildman–Crippen LogP) is 1.72. The molecule has 2 aliphatic heterocycles. The van der Waals surface area contributed by atoms with Gasteiger partial charge in [0.1, 0.15) is 18.2 Å². The molecular formula is C14H15N3O5. The monoisotopic (exact) mass is 305 g/mol. The van der Waals surface area contributed by atoms with Crippen molar-refractivity contribution in [1.29, 1.82) is 0 Å². The van der Waals surface area contributed by atoms with Gasteiger partial charge in [-0.15, -0.1) is 0 Å². The number of rotatable bonds is 3.